The largest absolute Gasteiger partial charge is 0.481 e. The van der Waals surface area contributed by atoms with E-state index in [0.717, 1.165) is 57.8 Å². The van der Waals surface area contributed by atoms with Crippen molar-refractivity contribution >= 4 is 5.97 Å². The predicted octanol–water partition coefficient (Wildman–Crippen LogP) is 13.9. The summed E-state index contributed by atoms with van der Waals surface area (Å²) in [5.74, 6) is -1.02. The quantitative estimate of drug-likeness (QED) is 0.0497. The van der Waals surface area contributed by atoms with E-state index in [4.69, 9.17) is 0 Å². The molecule has 0 saturated heterocycles. The van der Waals surface area contributed by atoms with Gasteiger partial charge in [-0.2, -0.15) is 0 Å². The average Bonchev–Trinajstić information content (AvgIpc) is 3.09. The van der Waals surface area contributed by atoms with Crippen molar-refractivity contribution in [2.45, 2.75) is 212 Å². The van der Waals surface area contributed by atoms with Gasteiger partial charge >= 0.3 is 5.97 Å². The molecule has 0 fully saturated rings. The number of carboxylic acid groups (broad SMARTS) is 1. The second-order valence-electron chi connectivity index (χ2n) is 15.4. The van der Waals surface area contributed by atoms with Crippen LogP contribution in [-0.2, 0) is 4.79 Å². The Balaban J connectivity index is 4.33. The fourth-order valence-electron chi connectivity index (χ4n) is 6.84. The first-order valence-electron chi connectivity index (χ1n) is 21.5. The second kappa shape index (κ2) is 37.1. The van der Waals surface area contributed by atoms with Crippen LogP contribution in [0.15, 0.2) is 48.6 Å². The Bertz CT molecular complexity index is 794. The van der Waals surface area contributed by atoms with Crippen molar-refractivity contribution in [3.8, 4) is 0 Å². The molecule has 0 bridgehead atoms. The molecule has 0 amide bonds. The number of nitrogens with zero attached hydrogens (tertiary/aromatic N) is 1. The Kier molecular flexibility index (Phi) is 35.9. The van der Waals surface area contributed by atoms with Gasteiger partial charge in [0.25, 0.3) is 0 Å². The smallest absolute Gasteiger partial charge is 0.307 e. The van der Waals surface area contributed by atoms with Crippen molar-refractivity contribution in [2.75, 3.05) is 20.6 Å². The van der Waals surface area contributed by atoms with Crippen LogP contribution >= 0.6 is 0 Å². The van der Waals surface area contributed by atoms with E-state index in [0.29, 0.717) is 13.0 Å². The molecule has 0 aromatic heterocycles. The minimum Gasteiger partial charge on any atom is -0.481 e. The van der Waals surface area contributed by atoms with Gasteiger partial charge in [-0.1, -0.05) is 165 Å². The van der Waals surface area contributed by atoms with Crippen LogP contribution in [0.3, 0.4) is 0 Å². The maximum atomic E-state index is 11.7. The van der Waals surface area contributed by atoms with E-state index in [1.165, 1.54) is 128 Å². The standard InChI is InChI=1S/C46H85NO3/c1-5-7-9-11-13-15-17-19-21-23-25-27-29-31-33-36-40-46(50,42-38-35-39-44(45(48)49)43-47(3)4)41-37-34-32-30-28-26-24-22-20-18-16-14-12-10-8-6-2/h13-16,19-22,44,50H,5-12,17-18,23-43H2,1-4H3,(H,48,49)/b15-13-,16-14-,21-19-,22-20-. The lowest BCUT2D eigenvalue weighted by Gasteiger charge is -2.29. The molecule has 0 aromatic carbocycles. The molecule has 0 aliphatic carbocycles. The minimum absolute atomic E-state index is 0.321. The Hall–Kier alpha value is -1.65. The molecule has 4 heteroatoms. The van der Waals surface area contributed by atoms with Crippen LogP contribution in [-0.4, -0.2) is 47.3 Å². The van der Waals surface area contributed by atoms with Crippen molar-refractivity contribution in [3.05, 3.63) is 48.6 Å². The highest BCUT2D eigenvalue weighted by Gasteiger charge is 2.26. The Labute approximate surface area is 312 Å². The average molecular weight is 700 g/mol. The third-order valence-electron chi connectivity index (χ3n) is 10.1. The van der Waals surface area contributed by atoms with Gasteiger partial charge in [0.1, 0.15) is 0 Å². The maximum absolute atomic E-state index is 11.7. The molecule has 0 spiro atoms. The van der Waals surface area contributed by atoms with E-state index in [1.807, 2.05) is 19.0 Å². The molecule has 0 rings (SSSR count). The van der Waals surface area contributed by atoms with Crippen LogP contribution in [0.4, 0.5) is 0 Å². The van der Waals surface area contributed by atoms with E-state index < -0.39 is 11.6 Å². The van der Waals surface area contributed by atoms with E-state index in [-0.39, 0.29) is 5.92 Å². The maximum Gasteiger partial charge on any atom is 0.307 e. The molecule has 0 saturated carbocycles. The lowest BCUT2D eigenvalue weighted by molar-refractivity contribution is -0.142. The summed E-state index contributed by atoms with van der Waals surface area (Å²) in [6.07, 6.45) is 53.4. The summed E-state index contributed by atoms with van der Waals surface area (Å²) < 4.78 is 0. The summed E-state index contributed by atoms with van der Waals surface area (Å²) in [4.78, 5) is 13.7. The molecule has 1 unspecified atom stereocenters. The third-order valence-corrected chi connectivity index (χ3v) is 10.1. The van der Waals surface area contributed by atoms with Crippen molar-refractivity contribution < 1.29 is 15.0 Å². The van der Waals surface area contributed by atoms with Crippen molar-refractivity contribution in [1.82, 2.24) is 4.90 Å². The van der Waals surface area contributed by atoms with Crippen LogP contribution in [0.5, 0.6) is 0 Å². The first kappa shape index (κ1) is 48.3. The molecular formula is C46H85NO3. The lowest BCUT2D eigenvalue weighted by Crippen LogP contribution is -2.29. The first-order valence-corrected chi connectivity index (χ1v) is 21.5. The Morgan fingerprint density at radius 1 is 0.520 bits per heavy atom. The van der Waals surface area contributed by atoms with Crippen LogP contribution < -0.4 is 0 Å². The van der Waals surface area contributed by atoms with Crippen LogP contribution in [0.2, 0.25) is 0 Å². The number of hydrogen-bond donors (Lipinski definition) is 2. The fraction of sp³-hybridized carbons (Fsp3) is 0.804. The van der Waals surface area contributed by atoms with Crippen molar-refractivity contribution in [1.29, 1.82) is 0 Å². The zero-order valence-electron chi connectivity index (χ0n) is 33.9. The van der Waals surface area contributed by atoms with E-state index in [1.54, 1.807) is 0 Å². The zero-order valence-corrected chi connectivity index (χ0v) is 33.9. The zero-order chi connectivity index (χ0) is 36.8. The highest BCUT2D eigenvalue weighted by molar-refractivity contribution is 5.70. The summed E-state index contributed by atoms with van der Waals surface area (Å²) in [6, 6.07) is 0. The van der Waals surface area contributed by atoms with Gasteiger partial charge in [0.05, 0.1) is 11.5 Å². The normalized spacial score (nSPS) is 13.3. The molecule has 0 aliphatic heterocycles. The van der Waals surface area contributed by atoms with Crippen LogP contribution in [0.25, 0.3) is 0 Å². The van der Waals surface area contributed by atoms with Gasteiger partial charge in [0.2, 0.25) is 0 Å². The highest BCUT2D eigenvalue weighted by atomic mass is 16.4. The monoisotopic (exact) mass is 700 g/mol. The number of carbonyl (C=O) groups is 1. The van der Waals surface area contributed by atoms with E-state index in [9.17, 15) is 15.0 Å². The first-order chi connectivity index (χ1) is 24.3. The summed E-state index contributed by atoms with van der Waals surface area (Å²) in [7, 11) is 3.88. The molecule has 292 valence electrons. The second-order valence-corrected chi connectivity index (χ2v) is 15.4. The van der Waals surface area contributed by atoms with Crippen molar-refractivity contribution in [2.24, 2.45) is 5.92 Å². The highest BCUT2D eigenvalue weighted by Crippen LogP contribution is 2.29. The summed E-state index contributed by atoms with van der Waals surface area (Å²) in [5.41, 5.74) is -0.593. The number of carboxylic acids is 1. The molecule has 50 heavy (non-hydrogen) atoms. The molecule has 0 radical (unpaired) electrons. The Morgan fingerprint density at radius 3 is 1.22 bits per heavy atom. The molecule has 2 N–H and O–H groups in total. The van der Waals surface area contributed by atoms with Gasteiger partial charge in [0, 0.05) is 6.54 Å². The molecule has 4 nitrogen and oxygen atoms in total. The molecule has 0 aliphatic rings. The topological polar surface area (TPSA) is 60.8 Å². The van der Waals surface area contributed by atoms with Crippen LogP contribution in [0.1, 0.15) is 206 Å². The summed E-state index contributed by atoms with van der Waals surface area (Å²) in [5, 5.41) is 21.3. The number of aliphatic carboxylic acids is 1. The van der Waals surface area contributed by atoms with Gasteiger partial charge in [-0.05, 0) is 104 Å². The number of aliphatic hydroxyl groups is 1. The summed E-state index contributed by atoms with van der Waals surface area (Å²) >= 11 is 0. The van der Waals surface area contributed by atoms with Crippen molar-refractivity contribution in [3.63, 3.8) is 0 Å². The minimum atomic E-state index is -0.698. The fourth-order valence-corrected chi connectivity index (χ4v) is 6.84. The number of unbranched alkanes of at least 4 members (excludes halogenated alkanes) is 19. The third kappa shape index (κ3) is 34.8. The number of hydrogen-bond acceptors (Lipinski definition) is 3. The van der Waals surface area contributed by atoms with E-state index >= 15 is 0 Å². The molecule has 0 aromatic rings. The van der Waals surface area contributed by atoms with Gasteiger partial charge < -0.3 is 15.1 Å². The lowest BCUT2D eigenvalue weighted by atomic mass is 9.84. The van der Waals surface area contributed by atoms with Gasteiger partial charge in [0.15, 0.2) is 0 Å². The molecule has 1 atom stereocenters. The SMILES string of the molecule is CCCCC/C=C\C/C=C\CCCCCCCCC(O)(CCCCCCCC/C=C\C/C=C\CCCCC)CCCCC(CN(C)C)C(=O)O. The van der Waals surface area contributed by atoms with Gasteiger partial charge in [-0.15, -0.1) is 0 Å². The van der Waals surface area contributed by atoms with E-state index in [2.05, 4.69) is 62.5 Å². The molecular weight excluding hydrogens is 615 g/mol. The number of allylic oxidation sites excluding steroid dienone is 8. The molecule has 0 heterocycles. The van der Waals surface area contributed by atoms with Crippen LogP contribution in [0, 0.1) is 5.92 Å². The number of rotatable bonds is 38. The van der Waals surface area contributed by atoms with Gasteiger partial charge in [-0.25, -0.2) is 0 Å². The predicted molar refractivity (Wildman–Crippen MR) is 221 cm³/mol. The van der Waals surface area contributed by atoms with Gasteiger partial charge in [-0.3, -0.25) is 4.79 Å². The Morgan fingerprint density at radius 2 is 0.860 bits per heavy atom. The summed E-state index contributed by atoms with van der Waals surface area (Å²) in [6.45, 7) is 5.09.